The van der Waals surface area contributed by atoms with Crippen molar-refractivity contribution < 1.29 is 9.47 Å². The van der Waals surface area contributed by atoms with Crippen LogP contribution in [0, 0.1) is 6.92 Å². The topological polar surface area (TPSA) is 34.6 Å². The summed E-state index contributed by atoms with van der Waals surface area (Å²) in [6, 6.07) is 4.80. The third kappa shape index (κ3) is 2.60. The first-order chi connectivity index (χ1) is 9.19. The molecule has 0 atom stereocenters. The minimum atomic E-state index is -0.258. The van der Waals surface area contributed by atoms with Gasteiger partial charge >= 0.3 is 0 Å². The van der Waals surface area contributed by atoms with Gasteiger partial charge in [0, 0.05) is 43.5 Å². The Hall–Kier alpha value is -1.13. The second-order valence-corrected chi connectivity index (χ2v) is 5.61. The third-order valence-corrected chi connectivity index (χ3v) is 4.37. The third-order valence-electron chi connectivity index (χ3n) is 4.37. The largest absolute Gasteiger partial charge is 0.372 e. The molecule has 2 aliphatic rings. The number of pyridine rings is 1. The van der Waals surface area contributed by atoms with Crippen LogP contribution < -0.4 is 4.90 Å². The van der Waals surface area contributed by atoms with Crippen molar-refractivity contribution in [3.05, 3.63) is 24.0 Å². The van der Waals surface area contributed by atoms with E-state index >= 15 is 0 Å². The molecule has 0 amide bonds. The average Bonchev–Trinajstić information content (AvgIpc) is 2.87. The van der Waals surface area contributed by atoms with Gasteiger partial charge in [0.15, 0.2) is 5.79 Å². The lowest BCUT2D eigenvalue weighted by atomic mass is 9.89. The van der Waals surface area contributed by atoms with E-state index < -0.39 is 0 Å². The molecule has 0 N–H and O–H groups in total. The van der Waals surface area contributed by atoms with Crippen LogP contribution in [0.15, 0.2) is 18.3 Å². The van der Waals surface area contributed by atoms with Crippen molar-refractivity contribution in [2.45, 2.75) is 44.4 Å². The zero-order chi connectivity index (χ0) is 13.3. The predicted octanol–water partition coefficient (Wildman–Crippen LogP) is 2.51. The average molecular weight is 262 g/mol. The zero-order valence-electron chi connectivity index (χ0n) is 11.8. The van der Waals surface area contributed by atoms with E-state index in [2.05, 4.69) is 29.1 Å². The molecule has 1 aromatic heterocycles. The Morgan fingerprint density at radius 3 is 2.58 bits per heavy atom. The summed E-state index contributed by atoms with van der Waals surface area (Å²) in [5.74, 6) is -0.258. The molecular weight excluding hydrogens is 240 g/mol. The van der Waals surface area contributed by atoms with Crippen LogP contribution in [0.3, 0.4) is 0 Å². The number of nitrogens with zero attached hydrogens (tertiary/aromatic N) is 2. The van der Waals surface area contributed by atoms with Crippen molar-refractivity contribution in [2.24, 2.45) is 0 Å². The number of hydrogen-bond donors (Lipinski definition) is 0. The highest BCUT2D eigenvalue weighted by molar-refractivity contribution is 5.46. The number of rotatable bonds is 2. The highest BCUT2D eigenvalue weighted by Gasteiger charge is 2.41. The van der Waals surface area contributed by atoms with Gasteiger partial charge in [-0.15, -0.1) is 0 Å². The Morgan fingerprint density at radius 1 is 1.26 bits per heavy atom. The molecule has 0 radical (unpaired) electrons. The van der Waals surface area contributed by atoms with Crippen molar-refractivity contribution >= 4 is 5.69 Å². The summed E-state index contributed by atoms with van der Waals surface area (Å²) in [6.07, 6.45) is 6.14. The lowest BCUT2D eigenvalue weighted by Gasteiger charge is -2.39. The Labute approximate surface area is 114 Å². The van der Waals surface area contributed by atoms with Gasteiger partial charge in [-0.2, -0.15) is 0 Å². The Bertz CT molecular complexity index is 434. The van der Waals surface area contributed by atoms with Gasteiger partial charge in [-0.05, 0) is 31.9 Å². The van der Waals surface area contributed by atoms with Crippen LogP contribution in [0.2, 0.25) is 0 Å². The quantitative estimate of drug-likeness (QED) is 0.820. The smallest absolute Gasteiger partial charge is 0.168 e. The summed E-state index contributed by atoms with van der Waals surface area (Å²) < 4.78 is 11.6. The van der Waals surface area contributed by atoms with E-state index in [4.69, 9.17) is 9.47 Å². The van der Waals surface area contributed by atoms with E-state index in [0.717, 1.165) is 44.6 Å². The summed E-state index contributed by atoms with van der Waals surface area (Å²) >= 11 is 0. The van der Waals surface area contributed by atoms with Crippen LogP contribution in [0.4, 0.5) is 5.69 Å². The van der Waals surface area contributed by atoms with Crippen molar-refractivity contribution in [2.75, 3.05) is 25.2 Å². The number of anilines is 1. The summed E-state index contributed by atoms with van der Waals surface area (Å²) in [5.41, 5.74) is 2.32. The van der Waals surface area contributed by atoms with Gasteiger partial charge in [0.1, 0.15) is 0 Å². The molecule has 0 unspecified atom stereocenters. The molecule has 4 heteroatoms. The van der Waals surface area contributed by atoms with E-state index in [9.17, 15) is 0 Å². The minimum absolute atomic E-state index is 0.258. The molecule has 104 valence electrons. The molecule has 19 heavy (non-hydrogen) atoms. The maximum Gasteiger partial charge on any atom is 0.168 e. The number of ether oxygens (including phenoxy) is 2. The molecular formula is C15H22N2O2. The lowest BCUT2D eigenvalue weighted by molar-refractivity contribution is -0.178. The summed E-state index contributed by atoms with van der Waals surface area (Å²) in [4.78, 5) is 6.63. The first kappa shape index (κ1) is 12.9. The van der Waals surface area contributed by atoms with E-state index in [-0.39, 0.29) is 5.79 Å². The Kier molecular flexibility index (Phi) is 3.46. The summed E-state index contributed by atoms with van der Waals surface area (Å²) in [5, 5.41) is 0. The number of hydrogen-bond acceptors (Lipinski definition) is 4. The van der Waals surface area contributed by atoms with Crippen LogP contribution in [-0.2, 0) is 9.47 Å². The van der Waals surface area contributed by atoms with Crippen molar-refractivity contribution in [3.8, 4) is 0 Å². The maximum atomic E-state index is 5.78. The molecule has 0 aromatic carbocycles. The van der Waals surface area contributed by atoms with Crippen LogP contribution >= 0.6 is 0 Å². The fraction of sp³-hybridized carbons (Fsp3) is 0.667. The van der Waals surface area contributed by atoms with Gasteiger partial charge in [-0.25, -0.2) is 0 Å². The molecule has 1 saturated heterocycles. The summed E-state index contributed by atoms with van der Waals surface area (Å²) in [6.45, 7) is 3.54. The normalized spacial score (nSPS) is 22.8. The van der Waals surface area contributed by atoms with Crippen LogP contribution in [0.1, 0.15) is 31.4 Å². The van der Waals surface area contributed by atoms with E-state index in [1.807, 2.05) is 13.1 Å². The van der Waals surface area contributed by atoms with E-state index in [1.165, 1.54) is 5.69 Å². The van der Waals surface area contributed by atoms with Crippen molar-refractivity contribution in [1.29, 1.82) is 0 Å². The lowest BCUT2D eigenvalue weighted by Crippen LogP contribution is -2.42. The molecule has 1 aliphatic carbocycles. The van der Waals surface area contributed by atoms with Crippen molar-refractivity contribution in [1.82, 2.24) is 4.98 Å². The fourth-order valence-electron chi connectivity index (χ4n) is 3.18. The molecule has 2 heterocycles. The zero-order valence-corrected chi connectivity index (χ0v) is 11.8. The Morgan fingerprint density at radius 2 is 1.95 bits per heavy atom. The monoisotopic (exact) mass is 262 g/mol. The first-order valence-electron chi connectivity index (χ1n) is 7.12. The van der Waals surface area contributed by atoms with Crippen LogP contribution in [0.5, 0.6) is 0 Å². The van der Waals surface area contributed by atoms with Crippen LogP contribution in [-0.4, -0.2) is 37.1 Å². The van der Waals surface area contributed by atoms with Gasteiger partial charge in [0.2, 0.25) is 0 Å². The maximum absolute atomic E-state index is 5.78. The van der Waals surface area contributed by atoms with Gasteiger partial charge in [0.05, 0.1) is 13.2 Å². The van der Waals surface area contributed by atoms with Gasteiger partial charge in [0.25, 0.3) is 0 Å². The Balaban J connectivity index is 1.64. The summed E-state index contributed by atoms with van der Waals surface area (Å²) in [7, 11) is 2.17. The molecule has 3 rings (SSSR count). The van der Waals surface area contributed by atoms with Gasteiger partial charge < -0.3 is 14.4 Å². The van der Waals surface area contributed by atoms with Gasteiger partial charge in [-0.1, -0.05) is 0 Å². The second-order valence-electron chi connectivity index (χ2n) is 5.61. The van der Waals surface area contributed by atoms with Gasteiger partial charge in [-0.3, -0.25) is 4.98 Å². The predicted molar refractivity (Wildman–Crippen MR) is 74.3 cm³/mol. The van der Waals surface area contributed by atoms with Crippen LogP contribution in [0.25, 0.3) is 0 Å². The highest BCUT2D eigenvalue weighted by atomic mass is 16.7. The molecule has 1 saturated carbocycles. The number of aryl methyl sites for hydroxylation is 1. The van der Waals surface area contributed by atoms with E-state index in [0.29, 0.717) is 6.04 Å². The molecule has 4 nitrogen and oxygen atoms in total. The molecule has 1 aliphatic heterocycles. The molecule has 1 aromatic rings. The minimum Gasteiger partial charge on any atom is -0.372 e. The standard InChI is InChI=1S/C15H22N2O2/c1-12-11-14(5-8-16-12)17(2)13-3-6-15(7-4-13)18-9-10-19-15/h5,8,11,13H,3-4,6-7,9-10H2,1-2H3. The first-order valence-corrected chi connectivity index (χ1v) is 7.12. The molecule has 1 spiro atoms. The second kappa shape index (κ2) is 5.10. The fourth-order valence-corrected chi connectivity index (χ4v) is 3.18. The van der Waals surface area contributed by atoms with E-state index in [1.54, 1.807) is 0 Å². The molecule has 2 fully saturated rings. The SMILES string of the molecule is Cc1cc(N(C)C2CCC3(CC2)OCCO3)ccn1. The van der Waals surface area contributed by atoms with Crippen molar-refractivity contribution in [3.63, 3.8) is 0 Å². The molecule has 0 bridgehead atoms. The number of aromatic nitrogens is 1. The highest BCUT2D eigenvalue weighted by Crippen LogP contribution is 2.37.